The number of rotatable bonds is 1. The number of aryl methyl sites for hydroxylation is 1. The Bertz CT molecular complexity index is 482. The molecule has 14 heavy (non-hydrogen) atoms. The number of nitrogens with two attached hydrogens (primary N) is 1. The van der Waals surface area contributed by atoms with Gasteiger partial charge in [0.25, 0.3) is 0 Å². The normalized spacial score (nSPS) is 10.5. The Labute approximate surface area is 86.9 Å². The number of benzene rings is 1. The van der Waals surface area contributed by atoms with Gasteiger partial charge in [0.1, 0.15) is 5.15 Å². The predicted octanol–water partition coefficient (Wildman–Crippen LogP) is 2.48. The lowest BCUT2D eigenvalue weighted by molar-refractivity contribution is 1.32. The number of halogens is 1. The number of nitrogens with zero attached hydrogens (tertiary/aromatic N) is 1. The number of aromatic nitrogens is 1. The standard InChI is InChI=1S/C10H10ClN3/c1-6-3-2-4-7-8(14-12)5-9(11)13-10(6)7/h2-5H,12H2,1H3,(H,13,14). The predicted molar refractivity (Wildman–Crippen MR) is 59.3 cm³/mol. The third kappa shape index (κ3) is 1.41. The summed E-state index contributed by atoms with van der Waals surface area (Å²) in [6.45, 7) is 1.99. The van der Waals surface area contributed by atoms with E-state index in [4.69, 9.17) is 17.4 Å². The Morgan fingerprint density at radius 2 is 2.21 bits per heavy atom. The first kappa shape index (κ1) is 9.24. The van der Waals surface area contributed by atoms with Gasteiger partial charge in [-0.2, -0.15) is 0 Å². The van der Waals surface area contributed by atoms with Crippen molar-refractivity contribution in [1.29, 1.82) is 0 Å². The van der Waals surface area contributed by atoms with Gasteiger partial charge in [-0.05, 0) is 12.5 Å². The van der Waals surface area contributed by atoms with E-state index in [-0.39, 0.29) is 0 Å². The van der Waals surface area contributed by atoms with Crippen molar-refractivity contribution in [2.24, 2.45) is 5.84 Å². The molecule has 0 spiro atoms. The molecule has 0 amide bonds. The van der Waals surface area contributed by atoms with Gasteiger partial charge in [-0.3, -0.25) is 5.84 Å². The van der Waals surface area contributed by atoms with E-state index in [1.165, 1.54) is 0 Å². The number of anilines is 1. The lowest BCUT2D eigenvalue weighted by Crippen LogP contribution is -2.07. The fourth-order valence-electron chi connectivity index (χ4n) is 1.48. The average molecular weight is 208 g/mol. The summed E-state index contributed by atoms with van der Waals surface area (Å²) < 4.78 is 0. The van der Waals surface area contributed by atoms with Gasteiger partial charge in [0.15, 0.2) is 0 Å². The molecule has 2 aromatic rings. The first-order valence-corrected chi connectivity index (χ1v) is 4.62. The molecule has 0 atom stereocenters. The minimum Gasteiger partial charge on any atom is -0.323 e. The summed E-state index contributed by atoms with van der Waals surface area (Å²) in [5.41, 5.74) is 5.38. The molecule has 0 saturated carbocycles. The number of pyridine rings is 1. The molecule has 0 aliphatic heterocycles. The van der Waals surface area contributed by atoms with E-state index in [0.29, 0.717) is 5.15 Å². The second-order valence-electron chi connectivity index (χ2n) is 3.11. The summed E-state index contributed by atoms with van der Waals surface area (Å²) in [5.74, 6) is 5.40. The third-order valence-electron chi connectivity index (χ3n) is 2.17. The minimum absolute atomic E-state index is 0.444. The van der Waals surface area contributed by atoms with Crippen molar-refractivity contribution in [2.45, 2.75) is 6.92 Å². The molecular formula is C10H10ClN3. The fraction of sp³-hybridized carbons (Fsp3) is 0.100. The molecule has 0 unspecified atom stereocenters. The molecule has 0 bridgehead atoms. The number of hydrogen-bond acceptors (Lipinski definition) is 3. The van der Waals surface area contributed by atoms with Crippen molar-refractivity contribution in [3.8, 4) is 0 Å². The highest BCUT2D eigenvalue weighted by Crippen LogP contribution is 2.26. The molecule has 0 fully saturated rings. The van der Waals surface area contributed by atoms with E-state index in [1.54, 1.807) is 6.07 Å². The molecule has 72 valence electrons. The zero-order chi connectivity index (χ0) is 10.1. The zero-order valence-corrected chi connectivity index (χ0v) is 8.47. The Kier molecular flexibility index (Phi) is 2.27. The molecule has 1 heterocycles. The smallest absolute Gasteiger partial charge is 0.131 e. The Morgan fingerprint density at radius 1 is 1.43 bits per heavy atom. The van der Waals surface area contributed by atoms with Gasteiger partial charge in [0.05, 0.1) is 11.2 Å². The maximum atomic E-state index is 5.87. The lowest BCUT2D eigenvalue weighted by Gasteiger charge is -2.07. The summed E-state index contributed by atoms with van der Waals surface area (Å²) in [4.78, 5) is 4.25. The van der Waals surface area contributed by atoms with E-state index in [1.807, 2.05) is 25.1 Å². The second-order valence-corrected chi connectivity index (χ2v) is 3.50. The molecule has 3 nitrogen and oxygen atoms in total. The molecule has 0 radical (unpaired) electrons. The van der Waals surface area contributed by atoms with E-state index in [2.05, 4.69) is 10.4 Å². The molecule has 0 saturated heterocycles. The van der Waals surface area contributed by atoms with E-state index < -0.39 is 0 Å². The van der Waals surface area contributed by atoms with Gasteiger partial charge in [-0.15, -0.1) is 0 Å². The summed E-state index contributed by atoms with van der Waals surface area (Å²) in [6.07, 6.45) is 0. The van der Waals surface area contributed by atoms with Crippen LogP contribution in [0.1, 0.15) is 5.56 Å². The van der Waals surface area contributed by atoms with Crippen LogP contribution in [-0.4, -0.2) is 4.98 Å². The molecule has 1 aromatic heterocycles. The van der Waals surface area contributed by atoms with Crippen molar-refractivity contribution >= 4 is 28.2 Å². The Balaban J connectivity index is 2.87. The number of hydrazine groups is 1. The third-order valence-corrected chi connectivity index (χ3v) is 2.36. The molecule has 0 aliphatic carbocycles. The number of nitrogen functional groups attached to an aromatic ring is 1. The summed E-state index contributed by atoms with van der Waals surface area (Å²) in [5, 5.41) is 1.43. The van der Waals surface area contributed by atoms with Gasteiger partial charge in [-0.1, -0.05) is 29.8 Å². The van der Waals surface area contributed by atoms with Crippen LogP contribution in [0.15, 0.2) is 24.3 Å². The largest absolute Gasteiger partial charge is 0.323 e. The van der Waals surface area contributed by atoms with Gasteiger partial charge in [0.2, 0.25) is 0 Å². The highest BCUT2D eigenvalue weighted by atomic mass is 35.5. The minimum atomic E-state index is 0.444. The van der Waals surface area contributed by atoms with Crippen LogP contribution < -0.4 is 11.3 Å². The molecule has 3 N–H and O–H groups in total. The van der Waals surface area contributed by atoms with Crippen molar-refractivity contribution < 1.29 is 0 Å². The molecule has 0 aliphatic rings. The van der Waals surface area contributed by atoms with Crippen LogP contribution >= 0.6 is 11.6 Å². The van der Waals surface area contributed by atoms with Crippen LogP contribution in [0.25, 0.3) is 10.9 Å². The first-order chi connectivity index (χ1) is 6.72. The van der Waals surface area contributed by atoms with E-state index in [0.717, 1.165) is 22.2 Å². The van der Waals surface area contributed by atoms with E-state index in [9.17, 15) is 0 Å². The Hall–Kier alpha value is -1.32. The van der Waals surface area contributed by atoms with Gasteiger partial charge < -0.3 is 5.43 Å². The number of fused-ring (bicyclic) bond motifs is 1. The van der Waals surface area contributed by atoms with Crippen LogP contribution in [-0.2, 0) is 0 Å². The topological polar surface area (TPSA) is 50.9 Å². The summed E-state index contributed by atoms with van der Waals surface area (Å²) in [6, 6.07) is 7.63. The van der Waals surface area contributed by atoms with Crippen LogP contribution in [0.4, 0.5) is 5.69 Å². The number of hydrogen-bond donors (Lipinski definition) is 2. The molecule has 4 heteroatoms. The number of nitrogens with one attached hydrogen (secondary N) is 1. The monoisotopic (exact) mass is 207 g/mol. The SMILES string of the molecule is Cc1cccc2c(NN)cc(Cl)nc12. The lowest BCUT2D eigenvalue weighted by atomic mass is 10.1. The van der Waals surface area contributed by atoms with Crippen molar-refractivity contribution in [3.63, 3.8) is 0 Å². The number of para-hydroxylation sites is 1. The van der Waals surface area contributed by atoms with Gasteiger partial charge >= 0.3 is 0 Å². The second kappa shape index (κ2) is 3.44. The van der Waals surface area contributed by atoms with Crippen LogP contribution in [0, 0.1) is 6.92 Å². The fourth-order valence-corrected chi connectivity index (χ4v) is 1.67. The zero-order valence-electron chi connectivity index (χ0n) is 7.71. The van der Waals surface area contributed by atoms with Crippen molar-refractivity contribution in [1.82, 2.24) is 4.98 Å². The van der Waals surface area contributed by atoms with Crippen molar-refractivity contribution in [2.75, 3.05) is 5.43 Å². The highest BCUT2D eigenvalue weighted by molar-refractivity contribution is 6.30. The van der Waals surface area contributed by atoms with Gasteiger partial charge in [0, 0.05) is 11.5 Å². The maximum absolute atomic E-state index is 5.87. The maximum Gasteiger partial charge on any atom is 0.131 e. The molecular weight excluding hydrogens is 198 g/mol. The summed E-state index contributed by atoms with van der Waals surface area (Å²) >= 11 is 5.87. The molecule has 1 aromatic carbocycles. The van der Waals surface area contributed by atoms with Crippen molar-refractivity contribution in [3.05, 3.63) is 35.0 Å². The average Bonchev–Trinajstić information content (AvgIpc) is 2.18. The van der Waals surface area contributed by atoms with Crippen LogP contribution in [0.3, 0.4) is 0 Å². The van der Waals surface area contributed by atoms with Crippen LogP contribution in [0.5, 0.6) is 0 Å². The molecule has 2 rings (SSSR count). The van der Waals surface area contributed by atoms with Crippen LogP contribution in [0.2, 0.25) is 5.15 Å². The Morgan fingerprint density at radius 3 is 2.93 bits per heavy atom. The van der Waals surface area contributed by atoms with E-state index >= 15 is 0 Å². The summed E-state index contributed by atoms with van der Waals surface area (Å²) in [7, 11) is 0. The first-order valence-electron chi connectivity index (χ1n) is 4.25. The highest BCUT2D eigenvalue weighted by Gasteiger charge is 2.04. The quantitative estimate of drug-likeness (QED) is 0.429. The van der Waals surface area contributed by atoms with Gasteiger partial charge in [-0.25, -0.2) is 4.98 Å².